The van der Waals surface area contributed by atoms with Gasteiger partial charge in [-0.25, -0.2) is 0 Å². The molecule has 0 saturated heterocycles. The summed E-state index contributed by atoms with van der Waals surface area (Å²) >= 11 is -0.826. The van der Waals surface area contributed by atoms with Gasteiger partial charge in [0.15, 0.2) is 0 Å². The van der Waals surface area contributed by atoms with Gasteiger partial charge in [-0.05, 0) is 42.8 Å². The van der Waals surface area contributed by atoms with Gasteiger partial charge in [0, 0.05) is 11.8 Å². The summed E-state index contributed by atoms with van der Waals surface area (Å²) in [6.07, 6.45) is -8.94. The zero-order chi connectivity index (χ0) is 22.4. The number of phenolic OH excluding ortho intramolecular Hbond substituents is 1. The maximum atomic E-state index is 12.8. The molecule has 2 aromatic carbocycles. The SMILES string of the molecule is COc1cc(C)c(O)c(C=Nc2cc(C(F)(F)F)cc(C(F)(F)F)c2)c1.[Cl][Zr][Cl]. The van der Waals surface area contributed by atoms with Gasteiger partial charge in [0.1, 0.15) is 11.5 Å². The first-order chi connectivity index (χ1) is 13.3. The first-order valence-corrected chi connectivity index (χ1v) is 13.8. The molecule has 0 unspecified atom stereocenters. The van der Waals surface area contributed by atoms with Crippen molar-refractivity contribution >= 4 is 28.9 Å². The van der Waals surface area contributed by atoms with E-state index in [4.69, 9.17) is 21.8 Å². The van der Waals surface area contributed by atoms with Crippen molar-refractivity contribution in [2.24, 2.45) is 4.99 Å². The number of hydrogen-bond donors (Lipinski definition) is 1. The standard InChI is InChI=1S/C17H13F6NO2.2ClH.Zr/c1-9-3-14(26-2)4-10(15(9)25)8-24-13-6-11(16(18,19)20)5-12(7-13)17(21,22)23;;;/h3-8,25H,1-2H3;2*1H;/q;;;+2/p-2. The number of benzene rings is 2. The molecule has 0 amide bonds. The molecule has 0 fully saturated rings. The first kappa shape index (κ1) is 25.8. The molecular formula is C17H13Cl2F6NO2Zr. The fraction of sp³-hybridized carbons (Fsp3) is 0.235. The molecule has 12 heteroatoms. The Morgan fingerprint density at radius 3 is 1.86 bits per heavy atom. The second-order valence-electron chi connectivity index (χ2n) is 5.48. The number of methoxy groups -OCH3 is 1. The maximum absolute atomic E-state index is 12.8. The molecule has 0 aliphatic rings. The Bertz CT molecular complexity index is 840. The number of rotatable bonds is 3. The second kappa shape index (κ2) is 10.7. The monoisotopic (exact) mass is 537 g/mol. The molecule has 2 aromatic rings. The Labute approximate surface area is 181 Å². The van der Waals surface area contributed by atoms with E-state index in [2.05, 4.69) is 4.99 Å². The molecule has 0 heterocycles. The molecular weight excluding hydrogens is 526 g/mol. The zero-order valence-electron chi connectivity index (χ0n) is 14.8. The van der Waals surface area contributed by atoms with Gasteiger partial charge in [0.25, 0.3) is 0 Å². The van der Waals surface area contributed by atoms with Crippen LogP contribution in [-0.4, -0.2) is 18.4 Å². The third kappa shape index (κ3) is 7.83. The minimum atomic E-state index is -4.96. The predicted molar refractivity (Wildman–Crippen MR) is 94.8 cm³/mol. The first-order valence-electron chi connectivity index (χ1n) is 7.51. The molecule has 29 heavy (non-hydrogen) atoms. The van der Waals surface area contributed by atoms with Crippen LogP contribution in [0.1, 0.15) is 22.3 Å². The summed E-state index contributed by atoms with van der Waals surface area (Å²) < 4.78 is 82.0. The van der Waals surface area contributed by atoms with E-state index in [1.807, 2.05) is 0 Å². The number of phenols is 1. The zero-order valence-corrected chi connectivity index (χ0v) is 18.8. The molecule has 3 nitrogen and oxygen atoms in total. The molecule has 2 rings (SSSR count). The molecule has 0 radical (unpaired) electrons. The Kier molecular flexibility index (Phi) is 9.50. The van der Waals surface area contributed by atoms with Crippen molar-refractivity contribution in [3.63, 3.8) is 0 Å². The van der Waals surface area contributed by atoms with Crippen LogP contribution in [0.5, 0.6) is 11.5 Å². The van der Waals surface area contributed by atoms with Crippen LogP contribution in [0.2, 0.25) is 0 Å². The van der Waals surface area contributed by atoms with E-state index in [1.165, 1.54) is 19.2 Å². The summed E-state index contributed by atoms with van der Waals surface area (Å²) in [6, 6.07) is 3.88. The van der Waals surface area contributed by atoms with Gasteiger partial charge in [0.2, 0.25) is 0 Å². The van der Waals surface area contributed by atoms with E-state index in [0.717, 1.165) is 6.21 Å². The molecule has 0 spiro atoms. The Morgan fingerprint density at radius 1 is 0.966 bits per heavy atom. The van der Waals surface area contributed by atoms with Crippen molar-refractivity contribution in [1.82, 2.24) is 0 Å². The van der Waals surface area contributed by atoms with Crippen molar-refractivity contribution in [3.05, 3.63) is 52.6 Å². The van der Waals surface area contributed by atoms with Crippen molar-refractivity contribution in [2.75, 3.05) is 7.11 Å². The average molecular weight is 539 g/mol. The molecule has 0 bridgehead atoms. The van der Waals surface area contributed by atoms with Crippen LogP contribution in [0.25, 0.3) is 0 Å². The van der Waals surface area contributed by atoms with Crippen LogP contribution in [0.3, 0.4) is 0 Å². The fourth-order valence-electron chi connectivity index (χ4n) is 2.15. The van der Waals surface area contributed by atoms with Gasteiger partial charge < -0.3 is 9.84 Å². The van der Waals surface area contributed by atoms with Gasteiger partial charge in [-0.3, -0.25) is 4.99 Å². The summed E-state index contributed by atoms with van der Waals surface area (Å²) in [6.45, 7) is 1.56. The second-order valence-corrected chi connectivity index (χ2v) is 9.21. The number of aromatic hydroxyl groups is 1. The van der Waals surface area contributed by atoms with Crippen molar-refractivity contribution < 1.29 is 57.0 Å². The van der Waals surface area contributed by atoms with Crippen molar-refractivity contribution in [1.29, 1.82) is 0 Å². The number of halogens is 8. The third-order valence-electron chi connectivity index (χ3n) is 3.46. The Hall–Kier alpha value is -1.25. The summed E-state index contributed by atoms with van der Waals surface area (Å²) in [5, 5.41) is 9.96. The topological polar surface area (TPSA) is 41.8 Å². The normalized spacial score (nSPS) is 11.8. The van der Waals surface area contributed by atoms with E-state index >= 15 is 0 Å². The number of ether oxygens (including phenoxy) is 1. The average Bonchev–Trinajstić information content (AvgIpc) is 2.61. The minimum absolute atomic E-state index is 0.0200. The van der Waals surface area contributed by atoms with Crippen LogP contribution in [0, 0.1) is 6.92 Å². The third-order valence-corrected chi connectivity index (χ3v) is 3.46. The number of nitrogens with zero attached hydrogens (tertiary/aromatic N) is 1. The van der Waals surface area contributed by atoms with Gasteiger partial charge in [-0.1, -0.05) is 0 Å². The number of aliphatic imine (C=N–C) groups is 1. The van der Waals surface area contributed by atoms with Crippen LogP contribution >= 0.6 is 17.0 Å². The van der Waals surface area contributed by atoms with E-state index in [9.17, 15) is 31.4 Å². The van der Waals surface area contributed by atoms with Gasteiger partial charge in [0.05, 0.1) is 23.9 Å². The number of alkyl halides is 6. The van der Waals surface area contributed by atoms with Crippen LogP contribution in [-0.2, 0) is 33.2 Å². The van der Waals surface area contributed by atoms with Gasteiger partial charge >= 0.3 is 50.2 Å². The molecule has 0 aliphatic heterocycles. The van der Waals surface area contributed by atoms with Gasteiger partial charge in [-0.15, -0.1) is 0 Å². The van der Waals surface area contributed by atoms with Gasteiger partial charge in [-0.2, -0.15) is 26.3 Å². The van der Waals surface area contributed by atoms with Crippen LogP contribution in [0.15, 0.2) is 35.3 Å². The molecule has 158 valence electrons. The van der Waals surface area contributed by atoms with Crippen LogP contribution in [0.4, 0.5) is 32.0 Å². The quantitative estimate of drug-likeness (QED) is 0.342. The molecule has 0 saturated carbocycles. The van der Waals surface area contributed by atoms with Crippen molar-refractivity contribution in [2.45, 2.75) is 19.3 Å². The fourth-order valence-corrected chi connectivity index (χ4v) is 2.15. The predicted octanol–water partition coefficient (Wildman–Crippen LogP) is 6.87. The summed E-state index contributed by atoms with van der Waals surface area (Å²) in [5.74, 6) is 0.138. The molecule has 0 aromatic heterocycles. The molecule has 0 atom stereocenters. The summed E-state index contributed by atoms with van der Waals surface area (Å²) in [4.78, 5) is 3.66. The van der Waals surface area contributed by atoms with E-state index in [0.29, 0.717) is 23.4 Å². The van der Waals surface area contributed by atoms with E-state index in [1.54, 1.807) is 6.92 Å². The molecule has 1 N–H and O–H groups in total. The Morgan fingerprint density at radius 2 is 1.45 bits per heavy atom. The molecule has 0 aliphatic carbocycles. The van der Waals surface area contributed by atoms with E-state index in [-0.39, 0.29) is 17.4 Å². The summed E-state index contributed by atoms with van der Waals surface area (Å²) in [5.41, 5.74) is -2.98. The van der Waals surface area contributed by atoms with Crippen LogP contribution < -0.4 is 4.74 Å². The number of hydrogen-bond acceptors (Lipinski definition) is 3. The summed E-state index contributed by atoms with van der Waals surface area (Å²) in [7, 11) is 11.2. The van der Waals surface area contributed by atoms with E-state index < -0.39 is 50.0 Å². The number of aryl methyl sites for hydroxylation is 1. The van der Waals surface area contributed by atoms with Crippen molar-refractivity contribution in [3.8, 4) is 11.5 Å². The Balaban J connectivity index is 0.00000132.